The molecule has 2 unspecified atom stereocenters. The van der Waals surface area contributed by atoms with Crippen LogP contribution >= 0.6 is 0 Å². The van der Waals surface area contributed by atoms with Crippen molar-refractivity contribution in [2.45, 2.75) is 77.8 Å². The molecule has 2 aliphatic carbocycles. The Hall–Kier alpha value is -0.0800. The summed E-state index contributed by atoms with van der Waals surface area (Å²) in [6.07, 6.45) is 10.2. The predicted molar refractivity (Wildman–Crippen MR) is 85.9 cm³/mol. The zero-order chi connectivity index (χ0) is 14.2. The zero-order valence-electron chi connectivity index (χ0n) is 13.8. The fourth-order valence-electron chi connectivity index (χ4n) is 4.41. The second-order valence-corrected chi connectivity index (χ2v) is 8.46. The third-order valence-corrected chi connectivity index (χ3v) is 6.17. The van der Waals surface area contributed by atoms with E-state index in [4.69, 9.17) is 0 Å². The summed E-state index contributed by atoms with van der Waals surface area (Å²) in [7, 11) is 0. The van der Waals surface area contributed by atoms with Crippen LogP contribution in [0.3, 0.4) is 0 Å². The van der Waals surface area contributed by atoms with E-state index < -0.39 is 0 Å². The first-order valence-electron chi connectivity index (χ1n) is 9.05. The molecule has 0 radical (unpaired) electrons. The van der Waals surface area contributed by atoms with Crippen LogP contribution in [0.15, 0.2) is 0 Å². The van der Waals surface area contributed by atoms with E-state index in [-0.39, 0.29) is 0 Å². The van der Waals surface area contributed by atoms with Crippen LogP contribution in [0.5, 0.6) is 0 Å². The average molecular weight is 278 g/mol. The summed E-state index contributed by atoms with van der Waals surface area (Å²) in [5.41, 5.74) is 0.654. The van der Waals surface area contributed by atoms with Gasteiger partial charge in [0.15, 0.2) is 0 Å². The Morgan fingerprint density at radius 2 is 1.85 bits per heavy atom. The van der Waals surface area contributed by atoms with Gasteiger partial charge < -0.3 is 5.32 Å². The summed E-state index contributed by atoms with van der Waals surface area (Å²) < 4.78 is 0. The molecule has 2 heteroatoms. The van der Waals surface area contributed by atoms with Crippen molar-refractivity contribution in [3.8, 4) is 0 Å². The first-order valence-corrected chi connectivity index (χ1v) is 9.05. The molecule has 3 fully saturated rings. The van der Waals surface area contributed by atoms with E-state index in [0.717, 1.165) is 23.9 Å². The molecule has 1 aliphatic heterocycles. The van der Waals surface area contributed by atoms with Gasteiger partial charge in [0, 0.05) is 31.7 Å². The highest BCUT2D eigenvalue weighted by atomic mass is 15.2. The van der Waals surface area contributed by atoms with Crippen LogP contribution in [0.25, 0.3) is 0 Å². The maximum absolute atomic E-state index is 3.91. The van der Waals surface area contributed by atoms with Crippen molar-refractivity contribution in [3.05, 3.63) is 0 Å². The second kappa shape index (κ2) is 5.96. The topological polar surface area (TPSA) is 15.3 Å². The van der Waals surface area contributed by atoms with Gasteiger partial charge in [0.25, 0.3) is 0 Å². The fraction of sp³-hybridized carbons (Fsp3) is 1.00. The van der Waals surface area contributed by atoms with Gasteiger partial charge in [-0.15, -0.1) is 0 Å². The lowest BCUT2D eigenvalue weighted by Crippen LogP contribution is -2.61. The minimum absolute atomic E-state index is 0.654. The lowest BCUT2D eigenvalue weighted by atomic mass is 9.82. The average Bonchev–Trinajstić information content (AvgIpc) is 3.16. The van der Waals surface area contributed by atoms with Crippen LogP contribution in [-0.4, -0.2) is 36.6 Å². The van der Waals surface area contributed by atoms with Gasteiger partial charge in [0.1, 0.15) is 0 Å². The summed E-state index contributed by atoms with van der Waals surface area (Å²) in [6, 6.07) is 1.53. The molecule has 2 nitrogen and oxygen atoms in total. The fourth-order valence-corrected chi connectivity index (χ4v) is 4.41. The van der Waals surface area contributed by atoms with E-state index in [9.17, 15) is 0 Å². The molecular formula is C18H34N2. The third-order valence-electron chi connectivity index (χ3n) is 6.17. The Balaban J connectivity index is 1.62. The van der Waals surface area contributed by atoms with Gasteiger partial charge in [-0.3, -0.25) is 4.90 Å². The zero-order valence-corrected chi connectivity index (χ0v) is 13.8. The van der Waals surface area contributed by atoms with Crippen molar-refractivity contribution >= 4 is 0 Å². The highest BCUT2D eigenvalue weighted by Gasteiger charge is 2.42. The first kappa shape index (κ1) is 14.8. The molecule has 3 rings (SSSR count). The first-order chi connectivity index (χ1) is 9.57. The SMILES string of the molecule is CC(C)C1CNC(C2CCCCC2)CN1CC1(C)CC1. The molecule has 0 aromatic carbocycles. The molecule has 0 spiro atoms. The number of nitrogens with zero attached hydrogens (tertiary/aromatic N) is 1. The van der Waals surface area contributed by atoms with Gasteiger partial charge >= 0.3 is 0 Å². The molecule has 2 atom stereocenters. The predicted octanol–water partition coefficient (Wildman–Crippen LogP) is 3.67. The molecule has 3 aliphatic rings. The van der Waals surface area contributed by atoms with Gasteiger partial charge in [-0.05, 0) is 42.9 Å². The molecule has 0 bridgehead atoms. The second-order valence-electron chi connectivity index (χ2n) is 8.46. The quantitative estimate of drug-likeness (QED) is 0.844. The molecule has 2 saturated carbocycles. The minimum atomic E-state index is 0.654. The maximum Gasteiger partial charge on any atom is 0.0244 e. The largest absolute Gasteiger partial charge is 0.311 e. The number of piperazine rings is 1. The highest BCUT2D eigenvalue weighted by Crippen LogP contribution is 2.46. The summed E-state index contributed by atoms with van der Waals surface area (Å²) in [5.74, 6) is 1.73. The highest BCUT2D eigenvalue weighted by molar-refractivity contribution is 4.97. The molecule has 0 aromatic heterocycles. The molecule has 0 amide bonds. The molecule has 1 heterocycles. The monoisotopic (exact) mass is 278 g/mol. The van der Waals surface area contributed by atoms with Crippen LogP contribution in [0, 0.1) is 17.3 Å². The summed E-state index contributed by atoms with van der Waals surface area (Å²) in [4.78, 5) is 2.85. The van der Waals surface area contributed by atoms with Crippen molar-refractivity contribution in [3.63, 3.8) is 0 Å². The summed E-state index contributed by atoms with van der Waals surface area (Å²) in [5, 5.41) is 3.91. The Bertz CT molecular complexity index is 315. The van der Waals surface area contributed by atoms with Crippen molar-refractivity contribution < 1.29 is 0 Å². The number of hydrogen-bond acceptors (Lipinski definition) is 2. The smallest absolute Gasteiger partial charge is 0.0244 e. The summed E-state index contributed by atoms with van der Waals surface area (Å²) >= 11 is 0. The van der Waals surface area contributed by atoms with Crippen LogP contribution in [0.4, 0.5) is 0 Å². The van der Waals surface area contributed by atoms with Crippen LogP contribution < -0.4 is 5.32 Å². The minimum Gasteiger partial charge on any atom is -0.311 e. The van der Waals surface area contributed by atoms with Gasteiger partial charge in [-0.25, -0.2) is 0 Å². The molecule has 20 heavy (non-hydrogen) atoms. The van der Waals surface area contributed by atoms with Crippen LogP contribution in [-0.2, 0) is 0 Å². The van der Waals surface area contributed by atoms with Crippen molar-refractivity contribution in [1.29, 1.82) is 0 Å². The van der Waals surface area contributed by atoms with E-state index in [0.29, 0.717) is 5.41 Å². The Labute approximate surface area is 125 Å². The molecular weight excluding hydrogens is 244 g/mol. The van der Waals surface area contributed by atoms with Gasteiger partial charge in [-0.1, -0.05) is 40.0 Å². The van der Waals surface area contributed by atoms with Crippen molar-refractivity contribution in [2.24, 2.45) is 17.3 Å². The number of hydrogen-bond donors (Lipinski definition) is 1. The molecule has 1 N–H and O–H groups in total. The standard InChI is InChI=1S/C18H34N2/c1-14(2)17-11-19-16(15-7-5-4-6-8-15)12-20(17)13-18(3)9-10-18/h14-17,19H,4-13H2,1-3H3. The Morgan fingerprint density at radius 1 is 1.15 bits per heavy atom. The number of nitrogens with one attached hydrogen (secondary N) is 1. The van der Waals surface area contributed by atoms with Crippen LogP contribution in [0.2, 0.25) is 0 Å². The normalized spacial score (nSPS) is 35.4. The molecule has 0 aromatic rings. The van der Waals surface area contributed by atoms with Gasteiger partial charge in [0.2, 0.25) is 0 Å². The molecule has 116 valence electrons. The molecule has 1 saturated heterocycles. The third kappa shape index (κ3) is 3.39. The van der Waals surface area contributed by atoms with E-state index in [1.807, 2.05) is 0 Å². The lowest BCUT2D eigenvalue weighted by molar-refractivity contribution is 0.0573. The van der Waals surface area contributed by atoms with Crippen molar-refractivity contribution in [2.75, 3.05) is 19.6 Å². The van der Waals surface area contributed by atoms with Crippen LogP contribution in [0.1, 0.15) is 65.7 Å². The maximum atomic E-state index is 3.91. The van der Waals surface area contributed by atoms with E-state index in [1.54, 1.807) is 0 Å². The van der Waals surface area contributed by atoms with Gasteiger partial charge in [-0.2, -0.15) is 0 Å². The van der Waals surface area contributed by atoms with E-state index in [1.165, 1.54) is 64.6 Å². The van der Waals surface area contributed by atoms with Gasteiger partial charge in [0.05, 0.1) is 0 Å². The van der Waals surface area contributed by atoms with E-state index >= 15 is 0 Å². The van der Waals surface area contributed by atoms with E-state index in [2.05, 4.69) is 31.0 Å². The Morgan fingerprint density at radius 3 is 2.45 bits per heavy atom. The number of rotatable bonds is 4. The lowest BCUT2D eigenvalue weighted by Gasteiger charge is -2.46. The Kier molecular flexibility index (Phi) is 4.42. The summed E-state index contributed by atoms with van der Waals surface area (Å²) in [6.45, 7) is 11.2. The van der Waals surface area contributed by atoms with Crippen molar-refractivity contribution in [1.82, 2.24) is 10.2 Å².